The van der Waals surface area contributed by atoms with Gasteiger partial charge in [-0.15, -0.1) is 0 Å². The number of halogens is 1. The lowest BCUT2D eigenvalue weighted by Crippen LogP contribution is -2.50. The van der Waals surface area contributed by atoms with E-state index in [1.165, 1.54) is 28.6 Å². The lowest BCUT2D eigenvalue weighted by molar-refractivity contribution is -0.00136. The largest absolute Gasteiger partial charge is 0.387 e. The van der Waals surface area contributed by atoms with Crippen molar-refractivity contribution in [2.45, 2.75) is 23.3 Å². The Balaban J connectivity index is 1.23. The Bertz CT molecular complexity index is 1290. The van der Waals surface area contributed by atoms with Gasteiger partial charge in [-0.3, -0.25) is 0 Å². The summed E-state index contributed by atoms with van der Waals surface area (Å²) in [5.41, 5.74) is 0.308. The van der Waals surface area contributed by atoms with Crippen molar-refractivity contribution in [1.29, 1.82) is 0 Å². The van der Waals surface area contributed by atoms with Crippen LogP contribution in [0.5, 0.6) is 0 Å². The van der Waals surface area contributed by atoms with Crippen molar-refractivity contribution in [3.63, 3.8) is 0 Å². The number of aliphatic hydroxyl groups is 1. The third-order valence-corrected chi connectivity index (χ3v) is 8.14. The number of aromatic nitrogens is 2. The van der Waals surface area contributed by atoms with Gasteiger partial charge in [0.25, 0.3) is 0 Å². The molecule has 0 saturated carbocycles. The van der Waals surface area contributed by atoms with E-state index in [4.69, 9.17) is 0 Å². The quantitative estimate of drug-likeness (QED) is 0.435. The SMILES string of the molecule is O=S(=O)(c1ccc(Nc2nccc(Nc3ccc(F)cc3)n2)cc1)N1CCC(O)(CN2CCC2)C1. The molecule has 5 rings (SSSR count). The van der Waals surface area contributed by atoms with Crippen molar-refractivity contribution in [3.8, 4) is 0 Å². The van der Waals surface area contributed by atoms with Crippen molar-refractivity contribution in [2.75, 3.05) is 43.4 Å². The number of rotatable bonds is 8. The summed E-state index contributed by atoms with van der Waals surface area (Å²) in [6.07, 6.45) is 3.13. The van der Waals surface area contributed by atoms with E-state index in [0.29, 0.717) is 42.7 Å². The summed E-state index contributed by atoms with van der Waals surface area (Å²) in [6.45, 7) is 2.83. The number of hydrogen-bond donors (Lipinski definition) is 3. The van der Waals surface area contributed by atoms with Crippen LogP contribution in [0.15, 0.2) is 65.7 Å². The van der Waals surface area contributed by atoms with E-state index in [-0.39, 0.29) is 17.3 Å². The molecule has 3 N–H and O–H groups in total. The lowest BCUT2D eigenvalue weighted by atomic mass is 10.0. The Morgan fingerprint density at radius 3 is 2.34 bits per heavy atom. The first-order valence-corrected chi connectivity index (χ1v) is 12.9. The Hall–Kier alpha value is -3.12. The van der Waals surface area contributed by atoms with Crippen LogP contribution in [-0.4, -0.2) is 71.0 Å². The fourth-order valence-electron chi connectivity index (χ4n) is 4.27. The molecular formula is C24H27FN6O3S. The first kappa shape index (κ1) is 23.6. The van der Waals surface area contributed by atoms with Gasteiger partial charge >= 0.3 is 0 Å². The number of likely N-dealkylation sites (tertiary alicyclic amines) is 1. The summed E-state index contributed by atoms with van der Waals surface area (Å²) in [7, 11) is -3.71. The van der Waals surface area contributed by atoms with Crippen LogP contribution in [0.4, 0.5) is 27.5 Å². The summed E-state index contributed by atoms with van der Waals surface area (Å²) in [6, 6.07) is 14.0. The van der Waals surface area contributed by atoms with Crippen molar-refractivity contribution in [3.05, 3.63) is 66.6 Å². The van der Waals surface area contributed by atoms with Gasteiger partial charge in [0.1, 0.15) is 11.6 Å². The zero-order valence-electron chi connectivity index (χ0n) is 19.1. The highest BCUT2D eigenvalue weighted by Crippen LogP contribution is 2.30. The maximum absolute atomic E-state index is 13.1. The van der Waals surface area contributed by atoms with Gasteiger partial charge in [0.05, 0.1) is 10.5 Å². The zero-order valence-corrected chi connectivity index (χ0v) is 19.9. The van der Waals surface area contributed by atoms with Crippen molar-refractivity contribution >= 4 is 33.2 Å². The summed E-state index contributed by atoms with van der Waals surface area (Å²) in [4.78, 5) is 10.9. The molecule has 1 aromatic heterocycles. The van der Waals surface area contributed by atoms with Gasteiger partial charge in [0.2, 0.25) is 16.0 Å². The van der Waals surface area contributed by atoms with E-state index in [0.717, 1.165) is 19.5 Å². The third kappa shape index (κ3) is 5.43. The average molecular weight is 499 g/mol. The number of anilines is 4. The molecule has 2 aliphatic heterocycles. The van der Waals surface area contributed by atoms with Crippen LogP contribution in [0.2, 0.25) is 0 Å². The molecule has 2 saturated heterocycles. The second-order valence-electron chi connectivity index (χ2n) is 8.99. The van der Waals surface area contributed by atoms with E-state index >= 15 is 0 Å². The van der Waals surface area contributed by atoms with Crippen LogP contribution >= 0.6 is 0 Å². The number of nitrogens with zero attached hydrogens (tertiary/aromatic N) is 4. The molecule has 2 fully saturated rings. The first-order chi connectivity index (χ1) is 16.8. The minimum Gasteiger partial charge on any atom is -0.387 e. The van der Waals surface area contributed by atoms with Gasteiger partial charge in [-0.25, -0.2) is 17.8 Å². The molecule has 3 aromatic rings. The third-order valence-electron chi connectivity index (χ3n) is 6.28. The molecule has 2 aromatic carbocycles. The van der Waals surface area contributed by atoms with E-state index in [9.17, 15) is 17.9 Å². The van der Waals surface area contributed by atoms with Gasteiger partial charge in [-0.05, 0) is 80.5 Å². The zero-order chi connectivity index (χ0) is 24.5. The lowest BCUT2D eigenvalue weighted by Gasteiger charge is -2.36. The standard InChI is InChI=1S/C24H27FN6O3S/c25-18-2-4-19(5-3-18)27-22-10-12-26-23(29-22)28-20-6-8-21(9-7-20)35(33,34)31-15-11-24(32,17-31)16-30-13-1-14-30/h2-10,12,32H,1,11,13-17H2,(H2,26,27,28,29). The smallest absolute Gasteiger partial charge is 0.243 e. The Morgan fingerprint density at radius 2 is 1.66 bits per heavy atom. The minimum atomic E-state index is -3.71. The Morgan fingerprint density at radius 1 is 0.971 bits per heavy atom. The highest BCUT2D eigenvalue weighted by Gasteiger charge is 2.43. The van der Waals surface area contributed by atoms with Gasteiger partial charge < -0.3 is 20.6 Å². The van der Waals surface area contributed by atoms with E-state index in [1.807, 2.05) is 0 Å². The van der Waals surface area contributed by atoms with Gasteiger partial charge in [-0.2, -0.15) is 9.29 Å². The molecule has 2 aliphatic rings. The van der Waals surface area contributed by atoms with Crippen molar-refractivity contribution in [2.24, 2.45) is 0 Å². The summed E-state index contributed by atoms with van der Waals surface area (Å²) < 4.78 is 40.7. The van der Waals surface area contributed by atoms with Crippen LogP contribution < -0.4 is 10.6 Å². The fourth-order valence-corrected chi connectivity index (χ4v) is 5.79. The van der Waals surface area contributed by atoms with E-state index < -0.39 is 15.6 Å². The molecule has 0 bridgehead atoms. The predicted molar refractivity (Wildman–Crippen MR) is 131 cm³/mol. The molecule has 1 unspecified atom stereocenters. The number of sulfonamides is 1. The Labute approximate surface area is 203 Å². The van der Waals surface area contributed by atoms with Gasteiger partial charge in [0.15, 0.2) is 0 Å². The van der Waals surface area contributed by atoms with Crippen LogP contribution in [0.1, 0.15) is 12.8 Å². The highest BCUT2D eigenvalue weighted by molar-refractivity contribution is 7.89. The van der Waals surface area contributed by atoms with Crippen molar-refractivity contribution < 1.29 is 17.9 Å². The molecule has 0 spiro atoms. The van der Waals surface area contributed by atoms with Crippen molar-refractivity contribution in [1.82, 2.24) is 19.2 Å². The topological polar surface area (TPSA) is 111 Å². The van der Waals surface area contributed by atoms with Crippen LogP contribution in [0, 0.1) is 5.82 Å². The monoisotopic (exact) mass is 498 g/mol. The summed E-state index contributed by atoms with van der Waals surface area (Å²) in [5, 5.41) is 17.0. The molecule has 1 atom stereocenters. The van der Waals surface area contributed by atoms with Crippen LogP contribution in [0.3, 0.4) is 0 Å². The molecule has 9 nitrogen and oxygen atoms in total. The van der Waals surface area contributed by atoms with Crippen LogP contribution in [0.25, 0.3) is 0 Å². The molecule has 0 radical (unpaired) electrons. The molecular weight excluding hydrogens is 471 g/mol. The molecule has 11 heteroatoms. The van der Waals surface area contributed by atoms with Crippen LogP contribution in [-0.2, 0) is 10.0 Å². The van der Waals surface area contributed by atoms with E-state index in [2.05, 4.69) is 25.5 Å². The molecule has 3 heterocycles. The Kier molecular flexibility index (Phi) is 6.41. The molecule has 35 heavy (non-hydrogen) atoms. The average Bonchev–Trinajstić information content (AvgIpc) is 3.22. The predicted octanol–water partition coefficient (Wildman–Crippen LogP) is 2.93. The minimum absolute atomic E-state index is 0.105. The number of hydrogen-bond acceptors (Lipinski definition) is 8. The van der Waals surface area contributed by atoms with E-state index in [1.54, 1.807) is 36.5 Å². The molecule has 184 valence electrons. The maximum Gasteiger partial charge on any atom is 0.243 e. The fraction of sp³-hybridized carbons (Fsp3) is 0.333. The number of β-amino-alcohol motifs (C(OH)–C–C–N with tert-alkyl or cyclic N) is 1. The first-order valence-electron chi connectivity index (χ1n) is 11.5. The molecule has 0 aliphatic carbocycles. The number of benzene rings is 2. The number of nitrogens with one attached hydrogen (secondary N) is 2. The second-order valence-corrected chi connectivity index (χ2v) is 10.9. The summed E-state index contributed by atoms with van der Waals surface area (Å²) in [5.74, 6) is 0.523. The normalized spacial score (nSPS) is 21.0. The van der Waals surface area contributed by atoms with Gasteiger partial charge in [-0.1, -0.05) is 0 Å². The summed E-state index contributed by atoms with van der Waals surface area (Å²) >= 11 is 0. The second kappa shape index (κ2) is 9.50. The maximum atomic E-state index is 13.1. The highest BCUT2D eigenvalue weighted by atomic mass is 32.2. The van der Waals surface area contributed by atoms with Gasteiger partial charge in [0, 0.05) is 37.2 Å². The molecule has 0 amide bonds.